The van der Waals surface area contributed by atoms with E-state index in [1.807, 2.05) is 0 Å². The van der Waals surface area contributed by atoms with Crippen molar-refractivity contribution in [2.45, 2.75) is 32.3 Å². The summed E-state index contributed by atoms with van der Waals surface area (Å²) in [5, 5.41) is 0. The average molecular weight is 350 g/mol. The first-order valence-corrected chi connectivity index (χ1v) is 7.59. The molecule has 1 saturated heterocycles. The minimum atomic E-state index is -4.75. The van der Waals surface area contributed by atoms with Gasteiger partial charge in [0.1, 0.15) is 6.23 Å². The molecule has 1 fully saturated rings. The van der Waals surface area contributed by atoms with E-state index in [1.165, 1.54) is 10.8 Å². The molecule has 9 nitrogen and oxygen atoms in total. The van der Waals surface area contributed by atoms with E-state index in [2.05, 4.69) is 4.98 Å². The van der Waals surface area contributed by atoms with Crippen LogP contribution >= 0.6 is 7.60 Å². The first-order chi connectivity index (χ1) is 9.26. The van der Waals surface area contributed by atoms with Gasteiger partial charge in [-0.2, -0.15) is 0 Å². The van der Waals surface area contributed by atoms with Crippen LogP contribution in [-0.4, -0.2) is 22.2 Å². The van der Waals surface area contributed by atoms with E-state index in [-0.39, 0.29) is 59.1 Å². The maximum Gasteiger partial charge on any atom is 1.00 e. The largest absolute Gasteiger partial charge is 1.00 e. The number of nitrogens with zero attached hydrogens (tertiary/aromatic N) is 1. The normalized spacial score (nSPS) is 21.0. The molecule has 0 bridgehead atoms. The van der Waals surface area contributed by atoms with Gasteiger partial charge in [-0.15, -0.1) is 0 Å². The van der Waals surface area contributed by atoms with Crippen LogP contribution in [0.3, 0.4) is 0 Å². The molecule has 0 spiro atoms. The fourth-order valence-corrected chi connectivity index (χ4v) is 2.24. The molecule has 2 heterocycles. The Labute approximate surface area is 170 Å². The molecular formula is C10H13N2Na2O7P. The second-order valence-corrected chi connectivity index (χ2v) is 5.96. The maximum atomic E-state index is 11.6. The number of aromatic nitrogens is 2. The van der Waals surface area contributed by atoms with Crippen molar-refractivity contribution in [2.75, 3.05) is 6.35 Å². The summed E-state index contributed by atoms with van der Waals surface area (Å²) >= 11 is 0. The van der Waals surface area contributed by atoms with E-state index < -0.39 is 37.7 Å². The monoisotopic (exact) mass is 350 g/mol. The molecule has 2 atom stereocenters. The summed E-state index contributed by atoms with van der Waals surface area (Å²) < 4.78 is 21.8. The third kappa shape index (κ3) is 6.33. The standard InChI is InChI=1S/C10H15N2O7P.2Na/c1-6-4-12(10(14)11-9(6)13)7-2-3-8(19-7)18-5-20(15,16)17;;/h4,7-8H,2-3,5H2,1H3,(H,11,13,14)(H2,15,16,17);;/q;2*+1/p-2. The summed E-state index contributed by atoms with van der Waals surface area (Å²) in [6.07, 6.45) is -0.381. The van der Waals surface area contributed by atoms with Crippen molar-refractivity contribution in [3.05, 3.63) is 32.6 Å². The maximum absolute atomic E-state index is 11.6. The van der Waals surface area contributed by atoms with Gasteiger partial charge in [0.25, 0.3) is 5.56 Å². The van der Waals surface area contributed by atoms with Crippen molar-refractivity contribution in [1.29, 1.82) is 0 Å². The van der Waals surface area contributed by atoms with Gasteiger partial charge in [-0.25, -0.2) is 4.79 Å². The van der Waals surface area contributed by atoms with Gasteiger partial charge in [0.05, 0.1) is 6.35 Å². The number of rotatable bonds is 4. The summed E-state index contributed by atoms with van der Waals surface area (Å²) in [4.78, 5) is 46.0. The number of aryl methyl sites for hydroxylation is 1. The first-order valence-electron chi connectivity index (χ1n) is 5.86. The third-order valence-electron chi connectivity index (χ3n) is 2.83. The number of hydrogen-bond acceptors (Lipinski definition) is 7. The molecule has 0 radical (unpaired) electrons. The van der Waals surface area contributed by atoms with Crippen LogP contribution in [0.1, 0.15) is 24.6 Å². The zero-order valence-electron chi connectivity index (χ0n) is 12.6. The molecule has 0 amide bonds. The topological polar surface area (TPSA) is 137 Å². The first kappa shape index (κ1) is 22.8. The number of nitrogens with one attached hydrogen (secondary N) is 1. The molecule has 1 aliphatic heterocycles. The van der Waals surface area contributed by atoms with Crippen LogP contribution in [0.15, 0.2) is 15.8 Å². The van der Waals surface area contributed by atoms with Crippen LogP contribution in [0.2, 0.25) is 0 Å². The fourth-order valence-electron chi connectivity index (χ4n) is 1.89. The molecule has 1 aromatic rings. The van der Waals surface area contributed by atoms with Gasteiger partial charge >= 0.3 is 64.8 Å². The van der Waals surface area contributed by atoms with Gasteiger partial charge in [-0.05, 0) is 20.9 Å². The van der Waals surface area contributed by atoms with E-state index in [0.717, 1.165) is 0 Å². The van der Waals surface area contributed by atoms with Gasteiger partial charge in [0, 0.05) is 18.2 Å². The van der Waals surface area contributed by atoms with E-state index in [0.29, 0.717) is 18.4 Å². The Morgan fingerprint density at radius 1 is 1.41 bits per heavy atom. The Bertz CT molecular complexity index is 655. The fraction of sp³-hybridized carbons (Fsp3) is 0.600. The van der Waals surface area contributed by atoms with Gasteiger partial charge < -0.3 is 23.8 Å². The van der Waals surface area contributed by atoms with Crippen LogP contribution in [0.25, 0.3) is 0 Å². The van der Waals surface area contributed by atoms with E-state index in [1.54, 1.807) is 6.92 Å². The van der Waals surface area contributed by atoms with Crippen molar-refractivity contribution in [3.63, 3.8) is 0 Å². The van der Waals surface area contributed by atoms with Gasteiger partial charge in [-0.1, -0.05) is 0 Å². The molecule has 2 rings (SSSR count). The molecule has 2 unspecified atom stereocenters. The molecule has 0 saturated carbocycles. The number of ether oxygens (including phenoxy) is 2. The van der Waals surface area contributed by atoms with Crippen molar-refractivity contribution < 1.29 is 82.9 Å². The van der Waals surface area contributed by atoms with Gasteiger partial charge in [-0.3, -0.25) is 14.3 Å². The molecule has 1 aromatic heterocycles. The van der Waals surface area contributed by atoms with Gasteiger partial charge in [0.2, 0.25) is 0 Å². The zero-order valence-corrected chi connectivity index (χ0v) is 17.5. The summed E-state index contributed by atoms with van der Waals surface area (Å²) in [5.41, 5.74) is -0.749. The number of aromatic amines is 1. The molecular weight excluding hydrogens is 337 g/mol. The average Bonchev–Trinajstić information content (AvgIpc) is 2.79. The summed E-state index contributed by atoms with van der Waals surface area (Å²) in [6.45, 7) is 1.54. The smallest absolute Gasteiger partial charge is 0.809 e. The summed E-state index contributed by atoms with van der Waals surface area (Å²) in [6, 6.07) is 0. The van der Waals surface area contributed by atoms with Crippen molar-refractivity contribution in [3.8, 4) is 0 Å². The van der Waals surface area contributed by atoms with E-state index in [4.69, 9.17) is 9.47 Å². The molecule has 22 heavy (non-hydrogen) atoms. The minimum absolute atomic E-state index is 0. The molecule has 0 aromatic carbocycles. The van der Waals surface area contributed by atoms with Crippen LogP contribution in [0, 0.1) is 6.92 Å². The molecule has 1 N–H and O–H groups in total. The summed E-state index contributed by atoms with van der Waals surface area (Å²) in [5.74, 6) is 0. The predicted molar refractivity (Wildman–Crippen MR) is 62.8 cm³/mol. The van der Waals surface area contributed by atoms with E-state index >= 15 is 0 Å². The predicted octanol–water partition coefficient (Wildman–Crippen LogP) is -7.62. The van der Waals surface area contributed by atoms with Crippen LogP contribution in [-0.2, 0) is 14.0 Å². The van der Waals surface area contributed by atoms with Crippen LogP contribution in [0.4, 0.5) is 0 Å². The van der Waals surface area contributed by atoms with Crippen LogP contribution in [0.5, 0.6) is 0 Å². The molecule has 0 aliphatic carbocycles. The second-order valence-electron chi connectivity index (χ2n) is 4.48. The third-order valence-corrected chi connectivity index (χ3v) is 3.30. The summed E-state index contributed by atoms with van der Waals surface area (Å²) in [7, 11) is -4.75. The van der Waals surface area contributed by atoms with Crippen molar-refractivity contribution in [1.82, 2.24) is 9.55 Å². The molecule has 112 valence electrons. The molecule has 12 heteroatoms. The zero-order chi connectivity index (χ0) is 14.9. The Hall–Kier alpha value is 0.750. The van der Waals surface area contributed by atoms with Crippen molar-refractivity contribution in [2.24, 2.45) is 0 Å². The Morgan fingerprint density at radius 2 is 2.05 bits per heavy atom. The number of H-pyrrole nitrogens is 1. The quantitative estimate of drug-likeness (QED) is 0.421. The Balaban J connectivity index is 0.00000220. The molecule has 1 aliphatic rings. The van der Waals surface area contributed by atoms with Crippen LogP contribution < -0.4 is 80.2 Å². The Morgan fingerprint density at radius 3 is 2.64 bits per heavy atom. The van der Waals surface area contributed by atoms with E-state index in [9.17, 15) is 23.9 Å². The second kappa shape index (κ2) is 9.29. The Kier molecular flexibility index (Phi) is 9.61. The minimum Gasteiger partial charge on any atom is -0.809 e. The number of hydrogen-bond donors (Lipinski definition) is 1. The SMILES string of the molecule is Cc1cn(C2CCC(OCP(=O)([O-])[O-])O2)c(=O)[nH]c1=O.[Na+].[Na+]. The van der Waals surface area contributed by atoms with Crippen molar-refractivity contribution >= 4 is 7.60 Å². The van der Waals surface area contributed by atoms with Gasteiger partial charge in [0.15, 0.2) is 6.29 Å².